The summed E-state index contributed by atoms with van der Waals surface area (Å²) in [5.74, 6) is 0.601. The molecule has 0 aromatic heterocycles. The van der Waals surface area contributed by atoms with Crippen LogP contribution in [0.1, 0.15) is 6.42 Å². The van der Waals surface area contributed by atoms with E-state index in [2.05, 4.69) is 0 Å². The Morgan fingerprint density at radius 3 is 3.07 bits per heavy atom. The first kappa shape index (κ1) is 9.76. The van der Waals surface area contributed by atoms with E-state index in [9.17, 15) is 10.1 Å². The van der Waals surface area contributed by atoms with Gasteiger partial charge in [0.05, 0.1) is 23.3 Å². The van der Waals surface area contributed by atoms with Gasteiger partial charge in [-0.15, -0.1) is 0 Å². The average molecular weight is 208 g/mol. The Kier molecular flexibility index (Phi) is 2.45. The zero-order valence-corrected chi connectivity index (χ0v) is 8.47. The molecule has 1 aromatic rings. The minimum atomic E-state index is -0.408. The molecule has 2 rings (SSSR count). The molecule has 1 heterocycles. The fourth-order valence-electron chi connectivity index (χ4n) is 1.65. The minimum absolute atomic E-state index is 0.0732. The van der Waals surface area contributed by atoms with E-state index in [0.29, 0.717) is 12.4 Å². The van der Waals surface area contributed by atoms with E-state index in [4.69, 9.17) is 4.74 Å². The molecule has 5 nitrogen and oxygen atoms in total. The van der Waals surface area contributed by atoms with E-state index in [1.807, 2.05) is 11.9 Å². The largest absolute Gasteiger partial charge is 0.491 e. The van der Waals surface area contributed by atoms with E-state index >= 15 is 0 Å². The Morgan fingerprint density at radius 1 is 1.53 bits per heavy atom. The number of nitro benzene ring substituents is 1. The van der Waals surface area contributed by atoms with E-state index in [1.54, 1.807) is 6.07 Å². The summed E-state index contributed by atoms with van der Waals surface area (Å²) >= 11 is 0. The second kappa shape index (κ2) is 3.76. The van der Waals surface area contributed by atoms with Crippen molar-refractivity contribution in [3.8, 4) is 5.75 Å². The van der Waals surface area contributed by atoms with Crippen molar-refractivity contribution >= 4 is 11.4 Å². The first-order valence-corrected chi connectivity index (χ1v) is 4.81. The third kappa shape index (κ3) is 1.86. The second-order valence-electron chi connectivity index (χ2n) is 3.53. The van der Waals surface area contributed by atoms with Gasteiger partial charge in [0.1, 0.15) is 5.75 Å². The van der Waals surface area contributed by atoms with Crippen LogP contribution >= 0.6 is 0 Å². The minimum Gasteiger partial charge on any atom is -0.491 e. The van der Waals surface area contributed by atoms with Crippen LogP contribution in [0.25, 0.3) is 0 Å². The summed E-state index contributed by atoms with van der Waals surface area (Å²) < 4.78 is 5.46. The fourth-order valence-corrected chi connectivity index (χ4v) is 1.65. The predicted octanol–water partition coefficient (Wildman–Crippen LogP) is 1.81. The van der Waals surface area contributed by atoms with Gasteiger partial charge in [-0.05, 0) is 12.5 Å². The van der Waals surface area contributed by atoms with Crippen LogP contribution in [-0.2, 0) is 0 Å². The van der Waals surface area contributed by atoms with E-state index in [-0.39, 0.29) is 5.69 Å². The lowest BCUT2D eigenvalue weighted by Crippen LogP contribution is -2.17. The molecule has 0 atom stereocenters. The van der Waals surface area contributed by atoms with Crippen molar-refractivity contribution in [1.29, 1.82) is 0 Å². The zero-order valence-electron chi connectivity index (χ0n) is 8.47. The van der Waals surface area contributed by atoms with E-state index < -0.39 is 4.92 Å². The highest BCUT2D eigenvalue weighted by molar-refractivity contribution is 5.62. The van der Waals surface area contributed by atoms with Gasteiger partial charge in [-0.1, -0.05) is 0 Å². The summed E-state index contributed by atoms with van der Waals surface area (Å²) in [7, 11) is 1.96. The molecule has 0 N–H and O–H groups in total. The summed E-state index contributed by atoms with van der Waals surface area (Å²) in [4.78, 5) is 12.2. The highest BCUT2D eigenvalue weighted by Crippen LogP contribution is 2.33. The first-order chi connectivity index (χ1) is 7.18. The SMILES string of the molecule is CN1CCCOc2cc([N+](=O)[O-])ccc21. The number of ether oxygens (including phenoxy) is 1. The molecule has 1 aromatic carbocycles. The molecule has 0 radical (unpaired) electrons. The summed E-state index contributed by atoms with van der Waals surface area (Å²) in [5, 5.41) is 10.6. The van der Waals surface area contributed by atoms with Crippen LogP contribution in [0.4, 0.5) is 11.4 Å². The highest BCUT2D eigenvalue weighted by Gasteiger charge is 2.16. The van der Waals surface area contributed by atoms with Crippen LogP contribution in [0.2, 0.25) is 0 Å². The number of benzene rings is 1. The van der Waals surface area contributed by atoms with Crippen molar-refractivity contribution in [2.24, 2.45) is 0 Å². The highest BCUT2D eigenvalue weighted by atomic mass is 16.6. The number of hydrogen-bond donors (Lipinski definition) is 0. The Labute approximate surface area is 87.4 Å². The molecule has 0 saturated heterocycles. The number of rotatable bonds is 1. The number of nitro groups is 1. The Bertz CT molecular complexity index is 392. The Hall–Kier alpha value is -1.78. The van der Waals surface area contributed by atoms with Crippen molar-refractivity contribution < 1.29 is 9.66 Å². The molecule has 1 aliphatic rings. The molecule has 15 heavy (non-hydrogen) atoms. The molecule has 80 valence electrons. The molecule has 0 amide bonds. The van der Waals surface area contributed by atoms with Gasteiger partial charge >= 0.3 is 0 Å². The predicted molar refractivity (Wildman–Crippen MR) is 56.5 cm³/mol. The number of fused-ring (bicyclic) bond motifs is 1. The van der Waals surface area contributed by atoms with Gasteiger partial charge in [-0.2, -0.15) is 0 Å². The molecule has 0 fully saturated rings. The normalized spacial score (nSPS) is 15.1. The Morgan fingerprint density at radius 2 is 2.33 bits per heavy atom. The summed E-state index contributed by atoms with van der Waals surface area (Å²) in [5.41, 5.74) is 0.988. The lowest BCUT2D eigenvalue weighted by Gasteiger charge is -2.17. The van der Waals surface area contributed by atoms with Crippen molar-refractivity contribution in [3.63, 3.8) is 0 Å². The zero-order chi connectivity index (χ0) is 10.8. The van der Waals surface area contributed by atoms with E-state index in [1.165, 1.54) is 12.1 Å². The van der Waals surface area contributed by atoms with Gasteiger partial charge in [0, 0.05) is 19.7 Å². The van der Waals surface area contributed by atoms with Crippen LogP contribution in [0.5, 0.6) is 5.75 Å². The number of non-ortho nitro benzene ring substituents is 1. The summed E-state index contributed by atoms with van der Waals surface area (Å²) in [6.45, 7) is 1.52. The van der Waals surface area contributed by atoms with Crippen molar-refractivity contribution in [2.75, 3.05) is 25.1 Å². The van der Waals surface area contributed by atoms with Crippen molar-refractivity contribution in [2.45, 2.75) is 6.42 Å². The molecule has 0 bridgehead atoms. The van der Waals surface area contributed by atoms with Crippen LogP contribution < -0.4 is 9.64 Å². The lowest BCUT2D eigenvalue weighted by atomic mass is 10.2. The Balaban J connectivity index is 2.42. The number of hydrogen-bond acceptors (Lipinski definition) is 4. The maximum atomic E-state index is 10.6. The van der Waals surface area contributed by atoms with Crippen LogP contribution in [0, 0.1) is 10.1 Å². The summed E-state index contributed by atoms with van der Waals surface area (Å²) in [6.07, 6.45) is 0.930. The second-order valence-corrected chi connectivity index (χ2v) is 3.53. The van der Waals surface area contributed by atoms with Gasteiger partial charge in [-0.3, -0.25) is 10.1 Å². The van der Waals surface area contributed by atoms with Crippen LogP contribution in [0.3, 0.4) is 0 Å². The molecule has 0 aliphatic carbocycles. The number of anilines is 1. The van der Waals surface area contributed by atoms with Crippen molar-refractivity contribution in [3.05, 3.63) is 28.3 Å². The fraction of sp³-hybridized carbons (Fsp3) is 0.400. The number of nitrogens with zero attached hydrogens (tertiary/aromatic N) is 2. The van der Waals surface area contributed by atoms with Crippen molar-refractivity contribution in [1.82, 2.24) is 0 Å². The van der Waals surface area contributed by atoms with Gasteiger partial charge in [0.2, 0.25) is 0 Å². The van der Waals surface area contributed by atoms with Gasteiger partial charge < -0.3 is 9.64 Å². The van der Waals surface area contributed by atoms with Gasteiger partial charge in [0.25, 0.3) is 5.69 Å². The topological polar surface area (TPSA) is 55.6 Å². The van der Waals surface area contributed by atoms with Crippen LogP contribution in [-0.4, -0.2) is 25.1 Å². The van der Waals surface area contributed by atoms with Gasteiger partial charge in [-0.25, -0.2) is 0 Å². The van der Waals surface area contributed by atoms with E-state index in [0.717, 1.165) is 18.7 Å². The molecule has 1 aliphatic heterocycles. The average Bonchev–Trinajstić information content (AvgIpc) is 2.40. The quantitative estimate of drug-likeness (QED) is 0.521. The lowest BCUT2D eigenvalue weighted by molar-refractivity contribution is -0.384. The molecule has 0 unspecified atom stereocenters. The third-order valence-corrected chi connectivity index (χ3v) is 2.46. The maximum Gasteiger partial charge on any atom is 0.273 e. The summed E-state index contributed by atoms with van der Waals surface area (Å²) in [6, 6.07) is 4.72. The smallest absolute Gasteiger partial charge is 0.273 e. The molecule has 5 heteroatoms. The molecule has 0 spiro atoms. The molecular weight excluding hydrogens is 196 g/mol. The third-order valence-electron chi connectivity index (χ3n) is 2.46. The molecular formula is C10H12N2O3. The van der Waals surface area contributed by atoms with Gasteiger partial charge in [0.15, 0.2) is 0 Å². The van der Waals surface area contributed by atoms with Crippen LogP contribution in [0.15, 0.2) is 18.2 Å². The first-order valence-electron chi connectivity index (χ1n) is 4.81. The molecule has 0 saturated carbocycles. The maximum absolute atomic E-state index is 10.6. The monoisotopic (exact) mass is 208 g/mol. The standard InChI is InChI=1S/C10H12N2O3/c1-11-5-2-6-15-10-7-8(12(13)14)3-4-9(10)11/h3-4,7H,2,5-6H2,1H3.